The molecule has 1 saturated heterocycles. The molecule has 0 aromatic carbocycles. The van der Waals surface area contributed by atoms with Crippen molar-refractivity contribution in [2.75, 3.05) is 0 Å². The molecule has 1 aliphatic heterocycles. The minimum absolute atomic E-state index is 0.233. The van der Waals surface area contributed by atoms with Crippen LogP contribution in [0, 0.1) is 5.92 Å². The summed E-state index contributed by atoms with van der Waals surface area (Å²) in [6, 6.07) is 0. The van der Waals surface area contributed by atoms with Crippen LogP contribution in [0.3, 0.4) is 0 Å². The van der Waals surface area contributed by atoms with Gasteiger partial charge < -0.3 is 9.84 Å². The van der Waals surface area contributed by atoms with Crippen molar-refractivity contribution >= 4 is 0 Å². The fourth-order valence-corrected chi connectivity index (χ4v) is 1.86. The first-order chi connectivity index (χ1) is 8.86. The van der Waals surface area contributed by atoms with Crippen LogP contribution in [0.15, 0.2) is 0 Å². The van der Waals surface area contributed by atoms with Crippen molar-refractivity contribution in [2.45, 2.75) is 49.4 Å². The lowest BCUT2D eigenvalue weighted by Gasteiger charge is -2.54. The van der Waals surface area contributed by atoms with Gasteiger partial charge in [-0.15, -0.1) is 0 Å². The summed E-state index contributed by atoms with van der Waals surface area (Å²) in [5, 5.41) is 8.91. The molecule has 1 rings (SSSR count). The van der Waals surface area contributed by atoms with Gasteiger partial charge in [-0.05, 0) is 6.92 Å². The third-order valence-corrected chi connectivity index (χ3v) is 3.45. The molecule has 2 unspecified atom stereocenters. The van der Waals surface area contributed by atoms with Crippen LogP contribution in [0.25, 0.3) is 0 Å². The molecule has 0 aliphatic carbocycles. The van der Waals surface area contributed by atoms with Crippen LogP contribution in [0.5, 0.6) is 0 Å². The Kier molecular flexibility index (Phi) is 3.61. The number of hydrogen-bond donors (Lipinski definition) is 1. The first kappa shape index (κ1) is 18.3. The third kappa shape index (κ3) is 2.01. The molecule has 0 spiro atoms. The highest BCUT2D eigenvalue weighted by atomic mass is 19.4. The molecule has 1 N–H and O–H groups in total. The summed E-state index contributed by atoms with van der Waals surface area (Å²) in [5.41, 5.74) is -4.95. The largest absolute Gasteiger partial charge is 0.449 e. The Morgan fingerprint density at radius 2 is 1.24 bits per heavy atom. The lowest BCUT2D eigenvalue weighted by Crippen LogP contribution is -2.79. The fourth-order valence-electron chi connectivity index (χ4n) is 1.86. The first-order valence-electron chi connectivity index (χ1n) is 5.18. The second kappa shape index (κ2) is 4.15. The van der Waals surface area contributed by atoms with Gasteiger partial charge in [-0.3, -0.25) is 0 Å². The zero-order valence-corrected chi connectivity index (χ0v) is 10.2. The molecule has 0 aromatic rings. The van der Waals surface area contributed by atoms with E-state index >= 15 is 0 Å². The fraction of sp³-hybridized carbons (Fsp3) is 1.00. The molecule has 12 heteroatoms. The molecule has 0 aromatic heterocycles. The zero-order valence-electron chi connectivity index (χ0n) is 10.2. The molecule has 21 heavy (non-hydrogen) atoms. The molecular formula is C9H8F10O2. The van der Waals surface area contributed by atoms with Gasteiger partial charge in [-0.25, -0.2) is 8.78 Å². The maximum atomic E-state index is 13.6. The molecule has 2 nitrogen and oxygen atoms in total. The van der Waals surface area contributed by atoms with Crippen molar-refractivity contribution in [3.8, 4) is 0 Å². The maximum Gasteiger partial charge on any atom is 0.449 e. The highest BCUT2D eigenvalue weighted by molar-refractivity contribution is 5.13. The molecule has 0 radical (unpaired) electrons. The second-order valence-corrected chi connectivity index (χ2v) is 4.74. The van der Waals surface area contributed by atoms with Crippen LogP contribution in [0.1, 0.15) is 13.8 Å². The Bertz CT molecular complexity index is 389. The lowest BCUT2D eigenvalue weighted by atomic mass is 9.76. The van der Waals surface area contributed by atoms with E-state index in [9.17, 15) is 43.9 Å². The Hall–Kier alpha value is -0.780. The Labute approximate surface area is 110 Å². The van der Waals surface area contributed by atoms with Crippen molar-refractivity contribution in [1.29, 1.82) is 0 Å². The van der Waals surface area contributed by atoms with Gasteiger partial charge in [0.15, 0.2) is 0 Å². The summed E-state index contributed by atoms with van der Waals surface area (Å²) in [5.74, 6) is -20.6. The zero-order chi connectivity index (χ0) is 17.3. The Balaban J connectivity index is 3.64. The van der Waals surface area contributed by atoms with Gasteiger partial charge in [-0.2, -0.15) is 35.1 Å². The van der Waals surface area contributed by atoms with Crippen LogP contribution >= 0.6 is 0 Å². The average molecular weight is 338 g/mol. The minimum atomic E-state index is -6.44. The van der Waals surface area contributed by atoms with Crippen LogP contribution < -0.4 is 0 Å². The molecule has 1 aliphatic rings. The van der Waals surface area contributed by atoms with Crippen LogP contribution in [0.2, 0.25) is 0 Å². The molecule has 0 bridgehead atoms. The quantitative estimate of drug-likeness (QED) is 0.685. The van der Waals surface area contributed by atoms with E-state index in [0.29, 0.717) is 0 Å². The highest BCUT2D eigenvalue weighted by Crippen LogP contribution is 2.62. The van der Waals surface area contributed by atoms with Gasteiger partial charge >= 0.3 is 24.1 Å². The summed E-state index contributed by atoms with van der Waals surface area (Å²) in [7, 11) is 0. The van der Waals surface area contributed by atoms with Gasteiger partial charge in [0.2, 0.25) is 5.60 Å². The second-order valence-electron chi connectivity index (χ2n) is 4.74. The molecule has 126 valence electrons. The van der Waals surface area contributed by atoms with E-state index in [0.717, 1.165) is 0 Å². The molecule has 0 saturated carbocycles. The van der Waals surface area contributed by atoms with Crippen molar-refractivity contribution in [2.24, 2.45) is 5.92 Å². The van der Waals surface area contributed by atoms with Crippen LogP contribution in [0.4, 0.5) is 43.9 Å². The summed E-state index contributed by atoms with van der Waals surface area (Å²) in [6.07, 6.45) is -12.6. The number of ether oxygens (including phenoxy) is 1. The van der Waals surface area contributed by atoms with Crippen molar-refractivity contribution in [1.82, 2.24) is 0 Å². The van der Waals surface area contributed by atoms with E-state index in [1.807, 2.05) is 0 Å². The van der Waals surface area contributed by atoms with Gasteiger partial charge in [0.25, 0.3) is 5.92 Å². The Morgan fingerprint density at radius 1 is 0.857 bits per heavy atom. The number of hydrogen-bond acceptors (Lipinski definition) is 2. The molecule has 3 atom stereocenters. The minimum Gasteiger partial charge on any atom is -0.354 e. The molecule has 1 heterocycles. The van der Waals surface area contributed by atoms with Crippen molar-refractivity contribution in [3.63, 3.8) is 0 Å². The monoisotopic (exact) mass is 338 g/mol. The smallest absolute Gasteiger partial charge is 0.354 e. The van der Waals surface area contributed by atoms with Crippen molar-refractivity contribution in [3.05, 3.63) is 0 Å². The van der Waals surface area contributed by atoms with Crippen LogP contribution in [-0.2, 0) is 4.74 Å². The van der Waals surface area contributed by atoms with Gasteiger partial charge in [0.05, 0.1) is 5.92 Å². The van der Waals surface area contributed by atoms with E-state index in [-0.39, 0.29) is 6.92 Å². The van der Waals surface area contributed by atoms with E-state index < -0.39 is 48.4 Å². The summed E-state index contributed by atoms with van der Waals surface area (Å²) in [6.45, 7) is -0.765. The number of aliphatic hydroxyl groups is 1. The van der Waals surface area contributed by atoms with E-state index in [2.05, 4.69) is 4.74 Å². The van der Waals surface area contributed by atoms with E-state index in [1.165, 1.54) is 0 Å². The summed E-state index contributed by atoms with van der Waals surface area (Å²) < 4.78 is 132. The molecular weight excluding hydrogens is 330 g/mol. The average Bonchev–Trinajstić information content (AvgIpc) is 2.22. The third-order valence-electron chi connectivity index (χ3n) is 3.45. The molecule has 0 amide bonds. The standard InChI is InChI=1S/C9H8F10O2/c1-3-5(10,11)4(2,8(14,15)16)21-7(20,6(3,12)13)9(17,18)19/h3,20H,1-2H3/t3-,4?,7?/m0/s1. The number of halogens is 10. The predicted octanol–water partition coefficient (Wildman–Crippen LogP) is 3.50. The van der Waals surface area contributed by atoms with Crippen LogP contribution in [-0.4, -0.2) is 40.7 Å². The van der Waals surface area contributed by atoms with Gasteiger partial charge in [0.1, 0.15) is 0 Å². The van der Waals surface area contributed by atoms with E-state index in [4.69, 9.17) is 5.11 Å². The topological polar surface area (TPSA) is 29.5 Å². The Morgan fingerprint density at radius 3 is 1.52 bits per heavy atom. The summed E-state index contributed by atoms with van der Waals surface area (Å²) in [4.78, 5) is 0. The first-order valence-corrected chi connectivity index (χ1v) is 5.18. The van der Waals surface area contributed by atoms with E-state index in [1.54, 1.807) is 0 Å². The number of alkyl halides is 10. The van der Waals surface area contributed by atoms with Gasteiger partial charge in [-0.1, -0.05) is 6.92 Å². The molecule has 1 fully saturated rings. The predicted molar refractivity (Wildman–Crippen MR) is 45.6 cm³/mol. The normalized spacial score (nSPS) is 40.1. The maximum absolute atomic E-state index is 13.6. The lowest BCUT2D eigenvalue weighted by molar-refractivity contribution is -0.533. The van der Waals surface area contributed by atoms with Crippen molar-refractivity contribution < 1.29 is 53.7 Å². The summed E-state index contributed by atoms with van der Waals surface area (Å²) >= 11 is 0. The number of rotatable bonds is 0. The van der Waals surface area contributed by atoms with Gasteiger partial charge in [0, 0.05) is 0 Å². The highest BCUT2D eigenvalue weighted by Gasteiger charge is 2.87. The SMILES string of the molecule is C[C@H]1C(F)(F)C(C)(C(F)(F)F)OC(O)(C(F)(F)F)C1(F)F.